The van der Waals surface area contributed by atoms with Crippen LogP contribution in [0, 0.1) is 17.8 Å². The van der Waals surface area contributed by atoms with Crippen molar-refractivity contribution < 1.29 is 24.6 Å². The Labute approximate surface area is 250 Å². The van der Waals surface area contributed by atoms with Gasteiger partial charge >= 0.3 is 11.9 Å². The van der Waals surface area contributed by atoms with Crippen LogP contribution in [0.2, 0.25) is 0 Å². The number of carboxylic acid groups (broad SMARTS) is 2. The van der Waals surface area contributed by atoms with Crippen LogP contribution < -0.4 is 10.9 Å². The number of hydrogen-bond acceptors (Lipinski definition) is 7. The molecule has 3 atom stereocenters. The van der Waals surface area contributed by atoms with E-state index in [9.17, 15) is 19.2 Å². The number of hydrogen-bond donors (Lipinski definition) is 3. The van der Waals surface area contributed by atoms with E-state index in [2.05, 4.69) is 15.2 Å². The standard InChI is InChI=1S/C32H41N5O6/c38-27(39)17-35(18-28(40)41)8-7-33-30(42)29-31(43)36(26-4-2-1-3-25(26)34-29)24-12-22-5-6-23(13-24)37(22)32-14-19-9-20(15-32)11-21(10-19)16-32/h1-4,19-24H,5-18H2,(H,33,42)(H,38,39)(H,40,41)/t19?,20?,21?,22-,23+,24?,32?. The molecule has 1 aromatic heterocycles. The van der Waals surface area contributed by atoms with Crippen LogP contribution in [-0.4, -0.2) is 91.2 Å². The predicted molar refractivity (Wildman–Crippen MR) is 158 cm³/mol. The summed E-state index contributed by atoms with van der Waals surface area (Å²) in [5, 5.41) is 20.8. The summed E-state index contributed by atoms with van der Waals surface area (Å²) in [7, 11) is 0. The molecule has 1 unspecified atom stereocenters. The number of carbonyl (C=O) groups is 3. The van der Waals surface area contributed by atoms with E-state index in [1.165, 1.54) is 43.4 Å². The third kappa shape index (κ3) is 5.24. The lowest BCUT2D eigenvalue weighted by Crippen LogP contribution is -2.64. The Morgan fingerprint density at radius 3 is 2.05 bits per heavy atom. The normalized spacial score (nSPS) is 32.9. The maximum Gasteiger partial charge on any atom is 0.317 e. The van der Waals surface area contributed by atoms with Crippen LogP contribution in [0.25, 0.3) is 11.0 Å². The Bertz CT molecular complexity index is 1440. The molecule has 6 aliphatic rings. The first-order valence-corrected chi connectivity index (χ1v) is 15.9. The summed E-state index contributed by atoms with van der Waals surface area (Å²) in [4.78, 5) is 58.1. The van der Waals surface area contributed by atoms with E-state index in [1.54, 1.807) is 0 Å². The maximum absolute atomic E-state index is 14.0. The molecule has 230 valence electrons. The average molecular weight is 592 g/mol. The van der Waals surface area contributed by atoms with E-state index in [-0.39, 0.29) is 24.8 Å². The second kappa shape index (κ2) is 11.0. The molecule has 11 nitrogen and oxygen atoms in total. The molecule has 4 saturated carbocycles. The quantitative estimate of drug-likeness (QED) is 0.380. The Balaban J connectivity index is 1.12. The molecule has 4 aliphatic carbocycles. The number of aliphatic carboxylic acids is 2. The van der Waals surface area contributed by atoms with E-state index in [1.807, 2.05) is 28.8 Å². The fourth-order valence-corrected chi connectivity index (χ4v) is 10.2. The zero-order chi connectivity index (χ0) is 29.9. The number of carboxylic acids is 2. The lowest BCUT2D eigenvalue weighted by Gasteiger charge is -2.63. The summed E-state index contributed by atoms with van der Waals surface area (Å²) in [5.41, 5.74) is 1.08. The number of piperidine rings is 1. The van der Waals surface area contributed by atoms with Gasteiger partial charge in [-0.05, 0) is 94.1 Å². The maximum atomic E-state index is 14.0. The van der Waals surface area contributed by atoms with Crippen LogP contribution in [-0.2, 0) is 9.59 Å². The molecule has 3 N–H and O–H groups in total. The van der Waals surface area contributed by atoms with Gasteiger partial charge in [-0.3, -0.25) is 29.0 Å². The molecule has 8 rings (SSSR count). The Morgan fingerprint density at radius 2 is 1.47 bits per heavy atom. The minimum Gasteiger partial charge on any atom is -0.480 e. The highest BCUT2D eigenvalue weighted by molar-refractivity contribution is 5.93. The van der Waals surface area contributed by atoms with Crippen molar-refractivity contribution >= 4 is 28.9 Å². The monoisotopic (exact) mass is 591 g/mol. The van der Waals surface area contributed by atoms with Gasteiger partial charge in [0.05, 0.1) is 24.1 Å². The number of para-hydroxylation sites is 2. The van der Waals surface area contributed by atoms with Gasteiger partial charge in [0, 0.05) is 36.8 Å². The van der Waals surface area contributed by atoms with E-state index >= 15 is 0 Å². The van der Waals surface area contributed by atoms with Gasteiger partial charge in [-0.2, -0.15) is 0 Å². The molecular formula is C32H41N5O6. The molecule has 2 saturated heterocycles. The number of rotatable bonds is 10. The van der Waals surface area contributed by atoms with Crippen molar-refractivity contribution in [1.29, 1.82) is 0 Å². The van der Waals surface area contributed by atoms with Gasteiger partial charge in [0.2, 0.25) is 0 Å². The number of carbonyl (C=O) groups excluding carboxylic acids is 1. The molecule has 2 aliphatic heterocycles. The van der Waals surface area contributed by atoms with E-state index in [0.717, 1.165) is 49.0 Å². The van der Waals surface area contributed by atoms with Crippen molar-refractivity contribution in [2.75, 3.05) is 26.2 Å². The van der Waals surface area contributed by atoms with Crippen molar-refractivity contribution in [2.45, 2.75) is 87.9 Å². The van der Waals surface area contributed by atoms with Crippen LogP contribution >= 0.6 is 0 Å². The lowest BCUT2D eigenvalue weighted by molar-refractivity contribution is -0.141. The van der Waals surface area contributed by atoms with Crippen molar-refractivity contribution in [1.82, 2.24) is 24.7 Å². The summed E-state index contributed by atoms with van der Waals surface area (Å²) in [6, 6.07) is 8.36. The second-order valence-electron chi connectivity index (χ2n) is 13.9. The summed E-state index contributed by atoms with van der Waals surface area (Å²) in [5.74, 6) is -0.293. The van der Waals surface area contributed by atoms with Crippen molar-refractivity contribution in [2.24, 2.45) is 17.8 Å². The summed E-state index contributed by atoms with van der Waals surface area (Å²) < 4.78 is 1.82. The molecular weight excluding hydrogens is 550 g/mol. The van der Waals surface area contributed by atoms with Gasteiger partial charge in [-0.15, -0.1) is 0 Å². The van der Waals surface area contributed by atoms with Crippen LogP contribution in [0.3, 0.4) is 0 Å². The number of amides is 1. The SMILES string of the molecule is O=C(O)CN(CCNC(=O)c1nc2ccccc2n(C2C[C@H]3CC[C@@H](C2)N3C23CC4CC(CC(C4)C2)C3)c1=O)CC(=O)O. The summed E-state index contributed by atoms with van der Waals surface area (Å²) >= 11 is 0. The molecule has 6 bridgehead atoms. The first-order chi connectivity index (χ1) is 20.7. The number of benzene rings is 1. The van der Waals surface area contributed by atoms with E-state index in [4.69, 9.17) is 10.2 Å². The molecule has 1 aromatic carbocycles. The van der Waals surface area contributed by atoms with Gasteiger partial charge in [0.25, 0.3) is 11.5 Å². The highest BCUT2D eigenvalue weighted by atomic mass is 16.4. The topological polar surface area (TPSA) is 145 Å². The minimum atomic E-state index is -1.16. The van der Waals surface area contributed by atoms with Crippen LogP contribution in [0.5, 0.6) is 0 Å². The number of nitrogens with zero attached hydrogens (tertiary/aromatic N) is 4. The van der Waals surface area contributed by atoms with Gasteiger partial charge in [-0.25, -0.2) is 4.98 Å². The van der Waals surface area contributed by atoms with Gasteiger partial charge < -0.3 is 20.1 Å². The molecule has 0 radical (unpaired) electrons. The third-order valence-electron chi connectivity index (χ3n) is 11.1. The molecule has 0 spiro atoms. The van der Waals surface area contributed by atoms with Gasteiger partial charge in [0.1, 0.15) is 0 Å². The number of aromatic nitrogens is 2. The largest absolute Gasteiger partial charge is 0.480 e. The first kappa shape index (κ1) is 28.5. The van der Waals surface area contributed by atoms with Gasteiger partial charge in [0.15, 0.2) is 5.69 Å². The highest BCUT2D eigenvalue weighted by Gasteiger charge is 2.58. The molecule has 11 heteroatoms. The lowest BCUT2D eigenvalue weighted by atomic mass is 9.52. The second-order valence-corrected chi connectivity index (χ2v) is 13.9. The Kier molecular flexibility index (Phi) is 7.28. The summed E-state index contributed by atoms with van der Waals surface area (Å²) in [6.45, 7) is -0.930. The van der Waals surface area contributed by atoms with E-state index < -0.39 is 36.5 Å². The first-order valence-electron chi connectivity index (χ1n) is 15.9. The van der Waals surface area contributed by atoms with E-state index in [0.29, 0.717) is 23.1 Å². The smallest absolute Gasteiger partial charge is 0.317 e. The molecule has 3 heterocycles. The van der Waals surface area contributed by atoms with Crippen molar-refractivity contribution in [3.05, 3.63) is 40.3 Å². The zero-order valence-electron chi connectivity index (χ0n) is 24.5. The van der Waals surface area contributed by atoms with Gasteiger partial charge in [-0.1, -0.05) is 12.1 Å². The van der Waals surface area contributed by atoms with Crippen molar-refractivity contribution in [3.63, 3.8) is 0 Å². The molecule has 43 heavy (non-hydrogen) atoms. The van der Waals surface area contributed by atoms with Crippen LogP contribution in [0.4, 0.5) is 0 Å². The zero-order valence-corrected chi connectivity index (χ0v) is 24.5. The highest BCUT2D eigenvalue weighted by Crippen LogP contribution is 2.61. The average Bonchev–Trinajstić information content (AvgIpc) is 3.22. The Hall–Kier alpha value is -3.31. The number of nitrogens with one attached hydrogen (secondary N) is 1. The fourth-order valence-electron chi connectivity index (χ4n) is 10.2. The minimum absolute atomic E-state index is 0.0122. The number of fused-ring (bicyclic) bond motifs is 3. The predicted octanol–water partition coefficient (Wildman–Crippen LogP) is 2.73. The molecule has 6 fully saturated rings. The fraction of sp³-hybridized carbons (Fsp3) is 0.656. The third-order valence-corrected chi connectivity index (χ3v) is 11.1. The molecule has 1 amide bonds. The summed E-state index contributed by atoms with van der Waals surface area (Å²) in [6.07, 6.45) is 12.4. The molecule has 2 aromatic rings. The van der Waals surface area contributed by atoms with Crippen molar-refractivity contribution in [3.8, 4) is 0 Å². The van der Waals surface area contributed by atoms with Crippen LogP contribution in [0.1, 0.15) is 80.7 Å². The Morgan fingerprint density at radius 1 is 0.884 bits per heavy atom. The van der Waals surface area contributed by atoms with Crippen LogP contribution in [0.15, 0.2) is 29.1 Å².